The number of nitrogens with zero attached hydrogens (tertiary/aromatic N) is 1. The molecule has 1 heterocycles. The van der Waals surface area contributed by atoms with Crippen LogP contribution < -0.4 is 4.90 Å². The monoisotopic (exact) mass is 237 g/mol. The third kappa shape index (κ3) is 2.25. The highest BCUT2D eigenvalue weighted by molar-refractivity contribution is 5.82. The summed E-state index contributed by atoms with van der Waals surface area (Å²) in [6, 6.07) is 6.76. The van der Waals surface area contributed by atoms with Gasteiger partial charge in [-0.3, -0.25) is 0 Å². The molecule has 0 bridgehead atoms. The van der Waals surface area contributed by atoms with Gasteiger partial charge >= 0.3 is 5.97 Å². The molecule has 0 aliphatic carbocycles. The van der Waals surface area contributed by atoms with Crippen LogP contribution in [0.25, 0.3) is 0 Å². The Labute approximate surface area is 98.9 Å². The number of fused-ring (bicyclic) bond motifs is 1. The Hall–Kier alpha value is -1.59. The molecule has 2 atom stereocenters. The molecule has 5 nitrogen and oxygen atoms in total. The van der Waals surface area contributed by atoms with Crippen LogP contribution in [-0.4, -0.2) is 46.6 Å². The van der Waals surface area contributed by atoms with Crippen molar-refractivity contribution in [3.63, 3.8) is 0 Å². The molecule has 1 aromatic rings. The molecule has 0 fully saturated rings. The summed E-state index contributed by atoms with van der Waals surface area (Å²) in [5, 5.41) is 27.5. The van der Waals surface area contributed by atoms with E-state index in [1.54, 1.807) is 4.90 Å². The highest BCUT2D eigenvalue weighted by Gasteiger charge is 2.34. The maximum absolute atomic E-state index is 11.2. The van der Waals surface area contributed by atoms with Gasteiger partial charge in [0.15, 0.2) is 0 Å². The molecule has 0 aromatic heterocycles. The number of aliphatic hydroxyl groups is 2. The van der Waals surface area contributed by atoms with Crippen LogP contribution in [0.2, 0.25) is 0 Å². The van der Waals surface area contributed by atoms with Crippen molar-refractivity contribution in [2.45, 2.75) is 18.6 Å². The minimum atomic E-state index is -0.928. The van der Waals surface area contributed by atoms with Crippen molar-refractivity contribution in [3.8, 4) is 0 Å². The third-order valence-corrected chi connectivity index (χ3v) is 2.99. The number of β-amino-alcohol motifs (C(OH)–C–C–N with tert-alkyl or cyclic N) is 1. The molecule has 17 heavy (non-hydrogen) atoms. The number of para-hydroxylation sites is 1. The van der Waals surface area contributed by atoms with Crippen molar-refractivity contribution < 1.29 is 20.1 Å². The second-order valence-electron chi connectivity index (χ2n) is 4.18. The highest BCUT2D eigenvalue weighted by Crippen LogP contribution is 2.32. The predicted octanol–water partition coefficient (Wildman–Crippen LogP) is -0.144. The van der Waals surface area contributed by atoms with Crippen LogP contribution in [0.3, 0.4) is 0 Å². The molecular formula is C12H15NO4. The number of anilines is 1. The molecule has 5 heteroatoms. The maximum atomic E-state index is 11.2. The van der Waals surface area contributed by atoms with Crippen molar-refractivity contribution >= 4 is 11.7 Å². The molecule has 92 valence electrons. The molecule has 1 aliphatic rings. The summed E-state index contributed by atoms with van der Waals surface area (Å²) in [6.07, 6.45) is -0.494. The molecule has 0 saturated carbocycles. The Morgan fingerprint density at radius 2 is 2.18 bits per heavy atom. The Balaban J connectivity index is 2.27. The SMILES string of the molecule is O=C(O)C1Cc2ccccc2N1CC(O)CO. The number of aliphatic carboxylic acids is 1. The molecule has 0 radical (unpaired) electrons. The first-order chi connectivity index (χ1) is 8.13. The lowest BCUT2D eigenvalue weighted by Gasteiger charge is -2.26. The quantitative estimate of drug-likeness (QED) is 0.679. The van der Waals surface area contributed by atoms with Crippen LogP contribution in [0.15, 0.2) is 24.3 Å². The number of carbonyl (C=O) groups is 1. The van der Waals surface area contributed by atoms with Crippen molar-refractivity contribution in [1.82, 2.24) is 0 Å². The van der Waals surface area contributed by atoms with Crippen LogP contribution in [0.4, 0.5) is 5.69 Å². The van der Waals surface area contributed by atoms with Gasteiger partial charge in [0.25, 0.3) is 0 Å². The van der Waals surface area contributed by atoms with E-state index in [9.17, 15) is 9.90 Å². The minimum absolute atomic E-state index is 0.129. The molecule has 1 aromatic carbocycles. The van der Waals surface area contributed by atoms with Gasteiger partial charge in [0.2, 0.25) is 0 Å². The van der Waals surface area contributed by atoms with Crippen molar-refractivity contribution in [3.05, 3.63) is 29.8 Å². The first kappa shape index (κ1) is 11.9. The normalized spacial score (nSPS) is 20.1. The van der Waals surface area contributed by atoms with Crippen LogP contribution in [0.5, 0.6) is 0 Å². The first-order valence-electron chi connectivity index (χ1n) is 5.49. The lowest BCUT2D eigenvalue weighted by atomic mass is 10.1. The zero-order valence-electron chi connectivity index (χ0n) is 9.28. The van der Waals surface area contributed by atoms with Crippen molar-refractivity contribution in [1.29, 1.82) is 0 Å². The lowest BCUT2D eigenvalue weighted by Crippen LogP contribution is -2.43. The zero-order valence-corrected chi connectivity index (χ0v) is 9.28. The van der Waals surface area contributed by atoms with E-state index in [4.69, 9.17) is 10.2 Å². The fourth-order valence-electron chi connectivity index (χ4n) is 2.18. The summed E-state index contributed by atoms with van der Waals surface area (Å²) >= 11 is 0. The van der Waals surface area contributed by atoms with Crippen LogP contribution in [0.1, 0.15) is 5.56 Å². The van der Waals surface area contributed by atoms with E-state index in [0.29, 0.717) is 6.42 Å². The van der Waals surface area contributed by atoms with Gasteiger partial charge in [-0.15, -0.1) is 0 Å². The number of aliphatic hydroxyl groups excluding tert-OH is 2. The van der Waals surface area contributed by atoms with Gasteiger partial charge in [0, 0.05) is 18.7 Å². The van der Waals surface area contributed by atoms with Gasteiger partial charge in [-0.1, -0.05) is 18.2 Å². The summed E-state index contributed by atoms with van der Waals surface area (Å²) in [5.74, 6) is -0.911. The summed E-state index contributed by atoms with van der Waals surface area (Å²) in [5.41, 5.74) is 1.79. The van der Waals surface area contributed by atoms with Crippen LogP contribution in [0, 0.1) is 0 Å². The van der Waals surface area contributed by atoms with E-state index >= 15 is 0 Å². The Morgan fingerprint density at radius 1 is 1.47 bits per heavy atom. The smallest absolute Gasteiger partial charge is 0.326 e. The summed E-state index contributed by atoms with van der Waals surface area (Å²) in [6.45, 7) is -0.241. The van der Waals surface area contributed by atoms with E-state index in [1.165, 1.54) is 0 Å². The zero-order chi connectivity index (χ0) is 12.4. The van der Waals surface area contributed by atoms with Crippen molar-refractivity contribution in [2.75, 3.05) is 18.1 Å². The maximum Gasteiger partial charge on any atom is 0.326 e. The average molecular weight is 237 g/mol. The summed E-state index contributed by atoms with van der Waals surface area (Å²) in [7, 11) is 0. The molecule has 2 unspecified atom stereocenters. The fraction of sp³-hybridized carbons (Fsp3) is 0.417. The van der Waals surface area contributed by atoms with Crippen LogP contribution >= 0.6 is 0 Å². The van der Waals surface area contributed by atoms with Gasteiger partial charge in [-0.25, -0.2) is 4.79 Å². The van der Waals surface area contributed by atoms with E-state index in [1.807, 2.05) is 24.3 Å². The van der Waals surface area contributed by atoms with Crippen LogP contribution in [-0.2, 0) is 11.2 Å². The van der Waals surface area contributed by atoms with Gasteiger partial charge in [0.05, 0.1) is 12.7 Å². The standard InChI is InChI=1S/C12H15NO4/c14-7-9(15)6-13-10-4-2-1-3-8(10)5-11(13)12(16)17/h1-4,9,11,14-15H,5-7H2,(H,16,17). The van der Waals surface area contributed by atoms with Crippen molar-refractivity contribution in [2.24, 2.45) is 0 Å². The van der Waals surface area contributed by atoms with E-state index in [0.717, 1.165) is 11.3 Å². The van der Waals surface area contributed by atoms with Gasteiger partial charge in [-0.2, -0.15) is 0 Å². The molecule has 2 rings (SSSR count). The number of carboxylic acid groups (broad SMARTS) is 1. The number of hydrogen-bond donors (Lipinski definition) is 3. The Kier molecular flexibility index (Phi) is 3.31. The highest BCUT2D eigenvalue weighted by atomic mass is 16.4. The second kappa shape index (κ2) is 4.73. The number of benzene rings is 1. The second-order valence-corrected chi connectivity index (χ2v) is 4.18. The largest absolute Gasteiger partial charge is 0.480 e. The van der Waals surface area contributed by atoms with Gasteiger partial charge in [-0.05, 0) is 11.6 Å². The Bertz CT molecular complexity index is 421. The molecule has 1 aliphatic heterocycles. The number of rotatable bonds is 4. The third-order valence-electron chi connectivity index (χ3n) is 2.99. The summed E-state index contributed by atoms with van der Waals surface area (Å²) in [4.78, 5) is 12.8. The lowest BCUT2D eigenvalue weighted by molar-refractivity contribution is -0.138. The van der Waals surface area contributed by atoms with E-state index < -0.39 is 18.1 Å². The van der Waals surface area contributed by atoms with E-state index in [-0.39, 0.29) is 13.2 Å². The molecule has 0 saturated heterocycles. The topological polar surface area (TPSA) is 81.0 Å². The first-order valence-corrected chi connectivity index (χ1v) is 5.49. The predicted molar refractivity (Wildman–Crippen MR) is 62.0 cm³/mol. The summed E-state index contributed by atoms with van der Waals surface area (Å²) < 4.78 is 0. The minimum Gasteiger partial charge on any atom is -0.480 e. The Morgan fingerprint density at radius 3 is 2.82 bits per heavy atom. The molecule has 0 amide bonds. The van der Waals surface area contributed by atoms with Gasteiger partial charge < -0.3 is 20.2 Å². The molecular weight excluding hydrogens is 222 g/mol. The van der Waals surface area contributed by atoms with Gasteiger partial charge in [0.1, 0.15) is 6.04 Å². The fourth-order valence-corrected chi connectivity index (χ4v) is 2.18. The number of carboxylic acids is 1. The molecule has 3 N–H and O–H groups in total. The number of hydrogen-bond acceptors (Lipinski definition) is 4. The van der Waals surface area contributed by atoms with E-state index in [2.05, 4.69) is 0 Å². The average Bonchev–Trinajstić information content (AvgIpc) is 2.68. The molecule has 0 spiro atoms.